The quantitative estimate of drug-likeness (QED) is 0.489. The maximum atomic E-state index is 13.1. The highest BCUT2D eigenvalue weighted by molar-refractivity contribution is 9.12. The van der Waals surface area contributed by atoms with Crippen LogP contribution in [0.4, 0.5) is 11.4 Å². The van der Waals surface area contributed by atoms with E-state index in [-0.39, 0.29) is 51.0 Å². The van der Waals surface area contributed by atoms with Crippen LogP contribution in [0.25, 0.3) is 0 Å². The molecule has 3 aliphatic rings. The molecule has 148 valence electrons. The summed E-state index contributed by atoms with van der Waals surface area (Å²) in [6.07, 6.45) is 0.914. The molecule has 2 bridgehead atoms. The Morgan fingerprint density at radius 2 is 1.41 bits per heavy atom. The van der Waals surface area contributed by atoms with Crippen LogP contribution in [0.1, 0.15) is 16.8 Å². The van der Waals surface area contributed by atoms with Crippen LogP contribution in [-0.2, 0) is 9.59 Å². The number of hydrogen-bond donors (Lipinski definition) is 1. The minimum Gasteiger partial charge on any atom is -0.322 e. The van der Waals surface area contributed by atoms with Crippen LogP contribution < -0.4 is 10.2 Å². The Morgan fingerprint density at radius 1 is 0.862 bits per heavy atom. The molecule has 6 atom stereocenters. The first-order valence-electron chi connectivity index (χ1n) is 9.60. The van der Waals surface area contributed by atoms with Crippen LogP contribution in [0.2, 0.25) is 0 Å². The molecule has 0 radical (unpaired) electrons. The predicted molar refractivity (Wildman–Crippen MR) is 117 cm³/mol. The second kappa shape index (κ2) is 7.06. The zero-order valence-corrected chi connectivity index (χ0v) is 18.5. The van der Waals surface area contributed by atoms with E-state index in [1.54, 1.807) is 36.4 Å². The van der Waals surface area contributed by atoms with Gasteiger partial charge in [-0.25, -0.2) is 0 Å². The van der Waals surface area contributed by atoms with Gasteiger partial charge in [0.2, 0.25) is 11.8 Å². The summed E-state index contributed by atoms with van der Waals surface area (Å²) in [6, 6.07) is 15.8. The topological polar surface area (TPSA) is 66.5 Å². The third-order valence-electron chi connectivity index (χ3n) is 6.41. The van der Waals surface area contributed by atoms with Crippen molar-refractivity contribution in [3.8, 4) is 0 Å². The number of anilines is 2. The van der Waals surface area contributed by atoms with E-state index >= 15 is 0 Å². The van der Waals surface area contributed by atoms with E-state index in [2.05, 4.69) is 37.2 Å². The van der Waals surface area contributed by atoms with Crippen molar-refractivity contribution >= 4 is 61.0 Å². The van der Waals surface area contributed by atoms with Gasteiger partial charge in [-0.2, -0.15) is 0 Å². The van der Waals surface area contributed by atoms with Gasteiger partial charge in [0.05, 0.1) is 17.5 Å². The van der Waals surface area contributed by atoms with Gasteiger partial charge >= 0.3 is 0 Å². The highest BCUT2D eigenvalue weighted by atomic mass is 79.9. The number of halogens is 2. The fourth-order valence-corrected chi connectivity index (χ4v) is 6.96. The van der Waals surface area contributed by atoms with Gasteiger partial charge in [-0.1, -0.05) is 50.1 Å². The lowest BCUT2D eigenvalue weighted by molar-refractivity contribution is -0.123. The molecule has 1 saturated heterocycles. The number of carbonyl (C=O) groups is 3. The number of alkyl halides is 2. The van der Waals surface area contributed by atoms with Gasteiger partial charge in [0.15, 0.2) is 0 Å². The average Bonchev–Trinajstić information content (AvgIpc) is 3.34. The lowest BCUT2D eigenvalue weighted by atomic mass is 9.81. The number of benzene rings is 2. The fourth-order valence-electron chi connectivity index (χ4n) is 5.09. The van der Waals surface area contributed by atoms with E-state index in [9.17, 15) is 14.4 Å². The highest BCUT2D eigenvalue weighted by Crippen LogP contribution is 2.60. The summed E-state index contributed by atoms with van der Waals surface area (Å²) >= 11 is 7.41. The number of nitrogens with zero attached hydrogens (tertiary/aromatic N) is 1. The summed E-state index contributed by atoms with van der Waals surface area (Å²) < 4.78 is 0. The van der Waals surface area contributed by atoms with E-state index in [0.717, 1.165) is 6.42 Å². The van der Waals surface area contributed by atoms with Crippen molar-refractivity contribution in [2.45, 2.75) is 16.1 Å². The smallest absolute Gasteiger partial charge is 0.255 e. The largest absolute Gasteiger partial charge is 0.322 e. The van der Waals surface area contributed by atoms with Gasteiger partial charge in [0.1, 0.15) is 0 Å². The Labute approximate surface area is 185 Å². The summed E-state index contributed by atoms with van der Waals surface area (Å²) in [6.45, 7) is 0. The fraction of sp³-hybridized carbons (Fsp3) is 0.318. The molecule has 1 N–H and O–H groups in total. The molecule has 0 aromatic heterocycles. The molecule has 29 heavy (non-hydrogen) atoms. The molecule has 3 amide bonds. The molecule has 5 nitrogen and oxygen atoms in total. The minimum atomic E-state index is -0.233. The molecule has 2 aromatic carbocycles. The van der Waals surface area contributed by atoms with Crippen molar-refractivity contribution in [1.29, 1.82) is 0 Å². The van der Waals surface area contributed by atoms with Gasteiger partial charge in [-0.3, -0.25) is 19.3 Å². The lowest BCUT2D eigenvalue weighted by Crippen LogP contribution is -2.37. The second-order valence-electron chi connectivity index (χ2n) is 7.88. The first kappa shape index (κ1) is 19.0. The van der Waals surface area contributed by atoms with E-state index in [1.165, 1.54) is 4.90 Å². The number of rotatable bonds is 3. The van der Waals surface area contributed by atoms with Crippen molar-refractivity contribution in [2.24, 2.45) is 23.7 Å². The summed E-state index contributed by atoms with van der Waals surface area (Å²) in [7, 11) is 0. The number of fused-ring (bicyclic) bond motifs is 5. The number of nitrogens with one attached hydrogen (secondary N) is 1. The SMILES string of the molecule is O=C(Nc1ccc(N2C(=O)[C@H]3[C@@H]4C[C@@H]([C@@H](Br)[C@H]4Br)[C@@H]3C2=O)cc1)c1ccccc1. The predicted octanol–water partition coefficient (Wildman–Crippen LogP) is 4.22. The maximum Gasteiger partial charge on any atom is 0.255 e. The van der Waals surface area contributed by atoms with Gasteiger partial charge in [-0.15, -0.1) is 0 Å². The number of hydrogen-bond acceptors (Lipinski definition) is 3. The van der Waals surface area contributed by atoms with Gasteiger partial charge in [0.25, 0.3) is 5.91 Å². The zero-order valence-electron chi connectivity index (χ0n) is 15.3. The Bertz CT molecular complexity index is 963. The van der Waals surface area contributed by atoms with Crippen LogP contribution in [0.15, 0.2) is 54.6 Å². The first-order valence-corrected chi connectivity index (χ1v) is 11.4. The van der Waals surface area contributed by atoms with Gasteiger partial charge in [-0.05, 0) is 54.7 Å². The van der Waals surface area contributed by atoms with Crippen molar-refractivity contribution < 1.29 is 14.4 Å². The molecule has 2 saturated carbocycles. The third-order valence-corrected chi connectivity index (χ3v) is 9.61. The number of carbonyl (C=O) groups excluding carboxylic acids is 3. The molecule has 0 spiro atoms. The second-order valence-corrected chi connectivity index (χ2v) is 10.00. The molecule has 1 aliphatic heterocycles. The molecular weight excluding hydrogens is 500 g/mol. The summed E-state index contributed by atoms with van der Waals surface area (Å²) in [5, 5.41) is 2.83. The van der Waals surface area contributed by atoms with E-state index in [1.807, 2.05) is 18.2 Å². The van der Waals surface area contributed by atoms with Crippen molar-refractivity contribution in [1.82, 2.24) is 0 Å². The molecular formula is C22H18Br2N2O3. The Hall–Kier alpha value is -1.99. The molecule has 2 aromatic rings. The highest BCUT2D eigenvalue weighted by Gasteiger charge is 2.66. The van der Waals surface area contributed by atoms with Gasteiger partial charge < -0.3 is 5.32 Å². The van der Waals surface area contributed by atoms with Crippen LogP contribution in [0.3, 0.4) is 0 Å². The summed E-state index contributed by atoms with van der Waals surface area (Å²) in [5.74, 6) is -0.480. The zero-order chi connectivity index (χ0) is 20.3. The molecule has 7 heteroatoms. The number of amides is 3. The van der Waals surface area contributed by atoms with E-state index < -0.39 is 0 Å². The maximum absolute atomic E-state index is 13.1. The third kappa shape index (κ3) is 2.89. The van der Waals surface area contributed by atoms with Crippen LogP contribution in [0, 0.1) is 23.7 Å². The van der Waals surface area contributed by atoms with Crippen molar-refractivity contribution in [3.63, 3.8) is 0 Å². The van der Waals surface area contributed by atoms with Crippen molar-refractivity contribution in [3.05, 3.63) is 60.2 Å². The van der Waals surface area contributed by atoms with Crippen LogP contribution in [-0.4, -0.2) is 27.4 Å². The summed E-state index contributed by atoms with van der Waals surface area (Å²) in [4.78, 5) is 40.2. The van der Waals surface area contributed by atoms with Crippen LogP contribution >= 0.6 is 31.9 Å². The van der Waals surface area contributed by atoms with Gasteiger partial charge in [0, 0.05) is 20.9 Å². The standard InChI is InChI=1S/C22H18Br2N2O3/c23-18-14-10-15(19(18)24)17-16(14)21(28)26(22(17)29)13-8-6-12(7-9-13)25-20(27)11-4-2-1-3-5-11/h1-9,14-19H,10H2,(H,25,27)/t14-,15+,16-,17-,18-,19+/m0/s1. The Kier molecular flexibility index (Phi) is 4.62. The van der Waals surface area contributed by atoms with Crippen LogP contribution in [0.5, 0.6) is 0 Å². The molecule has 2 aliphatic carbocycles. The first-order chi connectivity index (χ1) is 14.0. The normalized spacial score (nSPS) is 32.6. The summed E-state index contributed by atoms with van der Waals surface area (Å²) in [5.41, 5.74) is 1.74. The Balaban J connectivity index is 1.35. The molecule has 3 fully saturated rings. The monoisotopic (exact) mass is 516 g/mol. The minimum absolute atomic E-state index is 0.0996. The van der Waals surface area contributed by atoms with E-state index in [0.29, 0.717) is 16.9 Å². The lowest BCUT2D eigenvalue weighted by Gasteiger charge is -2.28. The van der Waals surface area contributed by atoms with E-state index in [4.69, 9.17) is 0 Å². The molecule has 0 unspecified atom stereocenters. The van der Waals surface area contributed by atoms with Crippen molar-refractivity contribution in [2.75, 3.05) is 10.2 Å². The molecule has 1 heterocycles. The Morgan fingerprint density at radius 3 is 1.97 bits per heavy atom. The molecule has 5 rings (SSSR count). The number of imide groups is 1. The average molecular weight is 518 g/mol.